The minimum atomic E-state index is -1.26. The summed E-state index contributed by atoms with van der Waals surface area (Å²) in [5, 5.41) is 22.1. The van der Waals surface area contributed by atoms with Gasteiger partial charge in [0.1, 0.15) is 17.5 Å². The molecule has 1 rings (SSSR count). The number of carbonyl (C=O) groups is 1. The summed E-state index contributed by atoms with van der Waals surface area (Å²) in [7, 11) is 1.29. The van der Waals surface area contributed by atoms with Crippen molar-refractivity contribution in [3.63, 3.8) is 0 Å². The van der Waals surface area contributed by atoms with Crippen LogP contribution in [0.1, 0.15) is 0 Å². The van der Waals surface area contributed by atoms with Gasteiger partial charge in [0, 0.05) is 19.2 Å². The van der Waals surface area contributed by atoms with Gasteiger partial charge in [0.25, 0.3) is 5.69 Å². The molecule has 1 atom stereocenters. The maximum absolute atomic E-state index is 13.4. The molecule has 19 heavy (non-hydrogen) atoms. The number of nitrogens with zero attached hydrogens (tertiary/aromatic N) is 1. The van der Waals surface area contributed by atoms with E-state index < -0.39 is 28.4 Å². The molecule has 0 radical (unpaired) electrons. The quantitative estimate of drug-likeness (QED) is 0.608. The largest absolute Gasteiger partial charge is 0.480 e. The lowest BCUT2D eigenvalue weighted by Gasteiger charge is -2.15. The Kier molecular flexibility index (Phi) is 5.19. The lowest BCUT2D eigenvalue weighted by Crippen LogP contribution is -2.33. The van der Waals surface area contributed by atoms with Gasteiger partial charge in [0.15, 0.2) is 0 Å². The number of aliphatic carboxylic acids is 1. The van der Waals surface area contributed by atoms with Crippen LogP contribution in [0.25, 0.3) is 0 Å². The molecular formula is C10H10BrFN2O5. The molecule has 9 heteroatoms. The Bertz CT molecular complexity index is 511. The highest BCUT2D eigenvalue weighted by Gasteiger charge is 2.23. The number of anilines is 1. The van der Waals surface area contributed by atoms with E-state index in [0.29, 0.717) is 0 Å². The number of methoxy groups -OCH3 is 1. The van der Waals surface area contributed by atoms with Crippen LogP contribution >= 0.6 is 15.9 Å². The topological polar surface area (TPSA) is 102 Å². The number of rotatable bonds is 6. The second-order valence-corrected chi connectivity index (χ2v) is 4.39. The number of hydrogen-bond donors (Lipinski definition) is 2. The molecule has 0 fully saturated rings. The van der Waals surface area contributed by atoms with E-state index in [4.69, 9.17) is 5.11 Å². The first-order valence-electron chi connectivity index (χ1n) is 4.98. The molecule has 0 aliphatic carbocycles. The van der Waals surface area contributed by atoms with E-state index in [1.807, 2.05) is 0 Å². The Labute approximate surface area is 115 Å². The Morgan fingerprint density at radius 1 is 1.68 bits per heavy atom. The fourth-order valence-electron chi connectivity index (χ4n) is 1.33. The molecule has 1 aromatic carbocycles. The van der Waals surface area contributed by atoms with Crippen LogP contribution in [0.5, 0.6) is 0 Å². The number of carboxylic acids is 1. The zero-order valence-corrected chi connectivity index (χ0v) is 11.3. The van der Waals surface area contributed by atoms with E-state index in [9.17, 15) is 19.3 Å². The number of hydrogen-bond acceptors (Lipinski definition) is 5. The summed E-state index contributed by atoms with van der Waals surface area (Å²) in [6.45, 7) is -0.218. The predicted octanol–water partition coefficient (Wildman–Crippen LogP) is 2.01. The highest BCUT2D eigenvalue weighted by atomic mass is 79.9. The van der Waals surface area contributed by atoms with Crippen LogP contribution in [-0.4, -0.2) is 35.8 Å². The zero-order chi connectivity index (χ0) is 14.6. The van der Waals surface area contributed by atoms with Gasteiger partial charge in [0.05, 0.1) is 16.0 Å². The first-order chi connectivity index (χ1) is 8.86. The van der Waals surface area contributed by atoms with E-state index in [0.717, 1.165) is 12.1 Å². The molecule has 0 spiro atoms. The maximum atomic E-state index is 13.4. The van der Waals surface area contributed by atoms with Crippen LogP contribution in [0, 0.1) is 15.9 Å². The molecule has 0 saturated carbocycles. The lowest BCUT2D eigenvalue weighted by molar-refractivity contribution is -0.384. The molecule has 1 unspecified atom stereocenters. The fourth-order valence-corrected chi connectivity index (χ4v) is 1.66. The lowest BCUT2D eigenvalue weighted by atomic mass is 10.2. The minimum absolute atomic E-state index is 0.0802. The summed E-state index contributed by atoms with van der Waals surface area (Å²) < 4.78 is 18.0. The minimum Gasteiger partial charge on any atom is -0.480 e. The second-order valence-electron chi connectivity index (χ2n) is 3.53. The standard InChI is InChI=1S/C10H10BrFN2O5/c1-19-4-8(10(15)16)13-7-3-6(12)5(11)2-9(7)14(17)18/h2-3,8,13H,4H2,1H3,(H,15,16). The van der Waals surface area contributed by atoms with Crippen LogP contribution < -0.4 is 5.32 Å². The Balaban J connectivity index is 3.14. The number of nitro groups is 1. The van der Waals surface area contributed by atoms with Gasteiger partial charge >= 0.3 is 5.97 Å². The Hall–Kier alpha value is -1.74. The summed E-state index contributed by atoms with van der Waals surface area (Å²) >= 11 is 2.83. The molecule has 0 bridgehead atoms. The van der Waals surface area contributed by atoms with E-state index in [-0.39, 0.29) is 16.8 Å². The van der Waals surface area contributed by atoms with Gasteiger partial charge in [-0.2, -0.15) is 0 Å². The number of ether oxygens (including phenoxy) is 1. The third-order valence-corrected chi connectivity index (χ3v) is 2.80. The van der Waals surface area contributed by atoms with Crippen LogP contribution in [0.4, 0.5) is 15.8 Å². The Morgan fingerprint density at radius 3 is 2.79 bits per heavy atom. The summed E-state index contributed by atoms with van der Waals surface area (Å²) in [6.07, 6.45) is 0. The average Bonchev–Trinajstić information content (AvgIpc) is 2.32. The normalized spacial score (nSPS) is 11.9. The van der Waals surface area contributed by atoms with Crippen LogP contribution in [0.3, 0.4) is 0 Å². The third-order valence-electron chi connectivity index (χ3n) is 2.20. The van der Waals surface area contributed by atoms with Crippen molar-refractivity contribution < 1.29 is 24.0 Å². The Morgan fingerprint density at radius 2 is 2.32 bits per heavy atom. The van der Waals surface area contributed by atoms with Crippen molar-refractivity contribution in [3.05, 3.63) is 32.5 Å². The van der Waals surface area contributed by atoms with E-state index in [2.05, 4.69) is 26.0 Å². The number of halogens is 2. The van der Waals surface area contributed by atoms with Gasteiger partial charge in [0.2, 0.25) is 0 Å². The molecule has 0 heterocycles. The van der Waals surface area contributed by atoms with Gasteiger partial charge in [-0.05, 0) is 15.9 Å². The zero-order valence-electron chi connectivity index (χ0n) is 9.72. The predicted molar refractivity (Wildman–Crippen MR) is 67.7 cm³/mol. The van der Waals surface area contributed by atoms with Crippen LogP contribution in [0.2, 0.25) is 0 Å². The smallest absolute Gasteiger partial charge is 0.328 e. The van der Waals surface area contributed by atoms with Crippen LogP contribution in [-0.2, 0) is 9.53 Å². The fraction of sp³-hybridized carbons (Fsp3) is 0.300. The molecule has 0 amide bonds. The SMILES string of the molecule is COCC(Nc1cc(F)c(Br)cc1[N+](=O)[O-])C(=O)O. The van der Waals surface area contributed by atoms with Gasteiger partial charge < -0.3 is 15.2 Å². The van der Waals surface area contributed by atoms with Crippen molar-refractivity contribution in [1.29, 1.82) is 0 Å². The summed E-state index contributed by atoms with van der Waals surface area (Å²) in [5.74, 6) is -2.01. The van der Waals surface area contributed by atoms with Gasteiger partial charge in [-0.25, -0.2) is 9.18 Å². The molecule has 2 N–H and O–H groups in total. The van der Waals surface area contributed by atoms with E-state index >= 15 is 0 Å². The van der Waals surface area contributed by atoms with Crippen molar-refractivity contribution in [2.75, 3.05) is 19.0 Å². The highest BCUT2D eigenvalue weighted by Crippen LogP contribution is 2.31. The second kappa shape index (κ2) is 6.43. The van der Waals surface area contributed by atoms with Crippen molar-refractivity contribution in [3.8, 4) is 0 Å². The molecule has 0 aliphatic heterocycles. The van der Waals surface area contributed by atoms with Gasteiger partial charge in [-0.1, -0.05) is 0 Å². The van der Waals surface area contributed by atoms with Crippen molar-refractivity contribution in [2.45, 2.75) is 6.04 Å². The molecule has 0 saturated heterocycles. The number of carboxylic acid groups (broad SMARTS) is 1. The van der Waals surface area contributed by atoms with E-state index in [1.165, 1.54) is 7.11 Å². The van der Waals surface area contributed by atoms with Gasteiger partial charge in [-0.15, -0.1) is 0 Å². The maximum Gasteiger partial charge on any atom is 0.328 e. The molecule has 7 nitrogen and oxygen atoms in total. The van der Waals surface area contributed by atoms with Crippen molar-refractivity contribution in [1.82, 2.24) is 0 Å². The summed E-state index contributed by atoms with van der Waals surface area (Å²) in [5.41, 5.74) is -0.661. The molecule has 0 aromatic heterocycles. The van der Waals surface area contributed by atoms with Crippen molar-refractivity contribution in [2.24, 2.45) is 0 Å². The average molecular weight is 337 g/mol. The number of nitro benzene ring substituents is 1. The first kappa shape index (κ1) is 15.3. The summed E-state index contributed by atoms with van der Waals surface area (Å²) in [6, 6.07) is 0.598. The molecule has 1 aromatic rings. The highest BCUT2D eigenvalue weighted by molar-refractivity contribution is 9.10. The third kappa shape index (κ3) is 3.86. The van der Waals surface area contributed by atoms with Crippen molar-refractivity contribution >= 4 is 33.3 Å². The van der Waals surface area contributed by atoms with Gasteiger partial charge in [-0.3, -0.25) is 10.1 Å². The number of benzene rings is 1. The number of nitrogens with one attached hydrogen (secondary N) is 1. The molecular weight excluding hydrogens is 327 g/mol. The molecule has 0 aliphatic rings. The summed E-state index contributed by atoms with van der Waals surface area (Å²) in [4.78, 5) is 21.0. The monoisotopic (exact) mass is 336 g/mol. The molecule has 104 valence electrons. The first-order valence-corrected chi connectivity index (χ1v) is 5.77. The van der Waals surface area contributed by atoms with E-state index in [1.54, 1.807) is 0 Å². The van der Waals surface area contributed by atoms with Crippen LogP contribution in [0.15, 0.2) is 16.6 Å².